The van der Waals surface area contributed by atoms with Crippen molar-refractivity contribution in [2.75, 3.05) is 17.3 Å². The molecule has 20 heavy (non-hydrogen) atoms. The minimum atomic E-state index is -0.445. The average Bonchev–Trinajstić information content (AvgIpc) is 2.50. The molecule has 3 rings (SSSR count). The van der Waals surface area contributed by atoms with Crippen molar-refractivity contribution in [2.24, 2.45) is 0 Å². The lowest BCUT2D eigenvalue weighted by atomic mass is 9.78. The molecule has 2 aliphatic rings. The van der Waals surface area contributed by atoms with Gasteiger partial charge in [-0.25, -0.2) is 4.39 Å². The van der Waals surface area contributed by atoms with E-state index < -0.39 is 5.82 Å². The number of nitrogens with one attached hydrogen (secondary N) is 1. The minimum Gasteiger partial charge on any atom is -0.367 e. The van der Waals surface area contributed by atoms with E-state index >= 15 is 0 Å². The molecule has 1 saturated carbocycles. The summed E-state index contributed by atoms with van der Waals surface area (Å²) in [4.78, 5) is 14.3. The van der Waals surface area contributed by atoms with Crippen molar-refractivity contribution in [3.05, 3.63) is 23.0 Å². The van der Waals surface area contributed by atoms with E-state index in [1.165, 1.54) is 18.6 Å². The molecule has 1 aromatic rings. The summed E-state index contributed by atoms with van der Waals surface area (Å²) in [5.41, 5.74) is 1.14. The molecule has 1 spiro atoms. The second-order valence-corrected chi connectivity index (χ2v) is 6.26. The Balaban J connectivity index is 2.10. The molecule has 5 heteroatoms. The van der Waals surface area contributed by atoms with Crippen LogP contribution in [0.2, 0.25) is 5.02 Å². The second-order valence-electron chi connectivity index (χ2n) is 5.85. The molecule has 1 amide bonds. The van der Waals surface area contributed by atoms with Gasteiger partial charge in [-0.3, -0.25) is 4.79 Å². The quantitative estimate of drug-likeness (QED) is 0.786. The molecule has 1 aromatic carbocycles. The highest BCUT2D eigenvalue weighted by Gasteiger charge is 2.41. The highest BCUT2D eigenvalue weighted by molar-refractivity contribution is 6.31. The van der Waals surface area contributed by atoms with Crippen molar-refractivity contribution in [3.63, 3.8) is 0 Å². The zero-order chi connectivity index (χ0) is 14.3. The second kappa shape index (κ2) is 4.92. The third kappa shape index (κ3) is 2.16. The van der Waals surface area contributed by atoms with Gasteiger partial charge in [0.15, 0.2) is 0 Å². The van der Waals surface area contributed by atoms with E-state index in [0.29, 0.717) is 12.1 Å². The average molecular weight is 297 g/mol. The van der Waals surface area contributed by atoms with E-state index in [-0.39, 0.29) is 16.5 Å². The first-order valence-electron chi connectivity index (χ1n) is 7.05. The number of carbonyl (C=O) groups is 1. The molecule has 0 radical (unpaired) electrons. The number of hydrogen-bond acceptors (Lipinski definition) is 2. The van der Waals surface area contributed by atoms with Gasteiger partial charge < -0.3 is 10.2 Å². The lowest BCUT2D eigenvalue weighted by Crippen LogP contribution is -2.49. The van der Waals surface area contributed by atoms with Gasteiger partial charge in [-0.2, -0.15) is 0 Å². The van der Waals surface area contributed by atoms with Gasteiger partial charge in [0, 0.05) is 18.7 Å². The van der Waals surface area contributed by atoms with E-state index in [9.17, 15) is 9.18 Å². The molecule has 3 nitrogen and oxygen atoms in total. The van der Waals surface area contributed by atoms with Crippen LogP contribution >= 0.6 is 11.6 Å². The molecule has 0 atom stereocenters. The Kier molecular flexibility index (Phi) is 3.36. The number of rotatable bonds is 0. The Hall–Kier alpha value is -1.29. The summed E-state index contributed by atoms with van der Waals surface area (Å²) in [6.45, 7) is 0. The van der Waals surface area contributed by atoms with Crippen LogP contribution in [0.4, 0.5) is 15.8 Å². The summed E-state index contributed by atoms with van der Waals surface area (Å²) in [6, 6.07) is 2.93. The number of hydrogen-bond donors (Lipinski definition) is 1. The molecule has 0 bridgehead atoms. The van der Waals surface area contributed by atoms with Gasteiger partial charge in [-0.15, -0.1) is 0 Å². The third-order valence-electron chi connectivity index (χ3n) is 4.66. The molecule has 0 saturated heterocycles. The predicted molar refractivity (Wildman–Crippen MR) is 78.9 cm³/mol. The summed E-state index contributed by atoms with van der Waals surface area (Å²) in [5.74, 6) is -0.459. The largest absolute Gasteiger partial charge is 0.367 e. The van der Waals surface area contributed by atoms with Crippen LogP contribution in [0.1, 0.15) is 38.5 Å². The fraction of sp³-hybridized carbons (Fsp3) is 0.533. The normalized spacial score (nSPS) is 21.4. The van der Waals surface area contributed by atoms with E-state index in [4.69, 9.17) is 11.6 Å². The summed E-state index contributed by atoms with van der Waals surface area (Å²) < 4.78 is 13.8. The van der Waals surface area contributed by atoms with Gasteiger partial charge in [0.2, 0.25) is 5.91 Å². The van der Waals surface area contributed by atoms with Crippen LogP contribution in [-0.2, 0) is 4.79 Å². The lowest BCUT2D eigenvalue weighted by Gasteiger charge is -2.44. The van der Waals surface area contributed by atoms with E-state index in [2.05, 4.69) is 10.2 Å². The first-order valence-corrected chi connectivity index (χ1v) is 7.42. The van der Waals surface area contributed by atoms with E-state index in [1.54, 1.807) is 0 Å². The number of carbonyl (C=O) groups excluding carboxylic acids is 1. The van der Waals surface area contributed by atoms with Crippen LogP contribution in [0.3, 0.4) is 0 Å². The molecular formula is C15H18ClFN2O. The molecule has 108 valence electrons. The monoisotopic (exact) mass is 296 g/mol. The molecule has 0 aromatic heterocycles. The molecule has 1 N–H and O–H groups in total. The Bertz CT molecular complexity index is 555. The van der Waals surface area contributed by atoms with Crippen LogP contribution in [0.5, 0.6) is 0 Å². The molecule has 0 unspecified atom stereocenters. The SMILES string of the molecule is CN1c2cc(F)c(Cl)cc2NC(=O)CC12CCCCC2. The maximum atomic E-state index is 13.8. The van der Waals surface area contributed by atoms with Crippen LogP contribution in [0.15, 0.2) is 12.1 Å². The first-order chi connectivity index (χ1) is 9.52. The van der Waals surface area contributed by atoms with E-state index in [1.807, 2.05) is 7.05 Å². The molecule has 1 aliphatic carbocycles. The van der Waals surface area contributed by atoms with Gasteiger partial charge >= 0.3 is 0 Å². The zero-order valence-corrected chi connectivity index (χ0v) is 12.3. The summed E-state index contributed by atoms with van der Waals surface area (Å²) in [6.07, 6.45) is 5.84. The van der Waals surface area contributed by atoms with Crippen molar-refractivity contribution < 1.29 is 9.18 Å². The van der Waals surface area contributed by atoms with Gasteiger partial charge in [-0.05, 0) is 18.9 Å². The van der Waals surface area contributed by atoms with Gasteiger partial charge in [-0.1, -0.05) is 30.9 Å². The number of amides is 1. The number of fused-ring (bicyclic) bond motifs is 1. The fourth-order valence-corrected chi connectivity index (χ4v) is 3.67. The van der Waals surface area contributed by atoms with Gasteiger partial charge in [0.05, 0.1) is 22.8 Å². The predicted octanol–water partition coefficient (Wildman–Crippen LogP) is 3.96. The number of halogens is 2. The summed E-state index contributed by atoms with van der Waals surface area (Å²) >= 11 is 5.83. The maximum absolute atomic E-state index is 13.8. The van der Waals surface area contributed by atoms with Gasteiger partial charge in [0.1, 0.15) is 5.82 Å². The number of nitrogens with zero attached hydrogens (tertiary/aromatic N) is 1. The smallest absolute Gasteiger partial charge is 0.226 e. The van der Waals surface area contributed by atoms with Crippen molar-refractivity contribution in [2.45, 2.75) is 44.1 Å². The van der Waals surface area contributed by atoms with E-state index in [0.717, 1.165) is 31.4 Å². The topological polar surface area (TPSA) is 32.3 Å². The maximum Gasteiger partial charge on any atom is 0.226 e. The van der Waals surface area contributed by atoms with Gasteiger partial charge in [0.25, 0.3) is 0 Å². The fourth-order valence-electron chi connectivity index (χ4n) is 3.50. The lowest BCUT2D eigenvalue weighted by molar-refractivity contribution is -0.117. The van der Waals surface area contributed by atoms with Crippen molar-refractivity contribution >= 4 is 28.9 Å². The van der Waals surface area contributed by atoms with Crippen molar-refractivity contribution in [1.82, 2.24) is 0 Å². The minimum absolute atomic E-state index is 0.0137. The standard InChI is InChI=1S/C15H18ClFN2O/c1-19-13-8-11(17)10(16)7-12(13)18-14(20)9-15(19)5-3-2-4-6-15/h7-8H,2-6,9H2,1H3,(H,18,20). The Morgan fingerprint density at radius 1 is 1.30 bits per heavy atom. The summed E-state index contributed by atoms with van der Waals surface area (Å²) in [7, 11) is 1.96. The van der Waals surface area contributed by atoms with Crippen molar-refractivity contribution in [1.29, 1.82) is 0 Å². The third-order valence-corrected chi connectivity index (χ3v) is 4.95. The molecule has 1 aliphatic heterocycles. The highest BCUT2D eigenvalue weighted by atomic mass is 35.5. The van der Waals surface area contributed by atoms with Crippen molar-refractivity contribution in [3.8, 4) is 0 Å². The first kappa shape index (κ1) is 13.7. The van der Waals surface area contributed by atoms with Crippen LogP contribution in [0.25, 0.3) is 0 Å². The Morgan fingerprint density at radius 2 is 2.00 bits per heavy atom. The number of anilines is 2. The van der Waals surface area contributed by atoms with Crippen LogP contribution < -0.4 is 10.2 Å². The Labute approximate surface area is 123 Å². The molecular weight excluding hydrogens is 279 g/mol. The molecule has 1 fully saturated rings. The zero-order valence-electron chi connectivity index (χ0n) is 11.5. The molecule has 1 heterocycles. The highest BCUT2D eigenvalue weighted by Crippen LogP contribution is 2.44. The van der Waals surface area contributed by atoms with Crippen LogP contribution in [0, 0.1) is 5.82 Å². The summed E-state index contributed by atoms with van der Waals surface area (Å²) in [5, 5.41) is 2.90. The van der Waals surface area contributed by atoms with Crippen LogP contribution in [-0.4, -0.2) is 18.5 Å². The Morgan fingerprint density at radius 3 is 2.70 bits per heavy atom. The number of benzene rings is 1.